The van der Waals surface area contributed by atoms with Crippen LogP contribution in [0.1, 0.15) is 38.4 Å². The number of hydrogen-bond donors (Lipinski definition) is 4. The fourth-order valence-corrected chi connectivity index (χ4v) is 9.45. The van der Waals surface area contributed by atoms with Crippen molar-refractivity contribution in [3.63, 3.8) is 0 Å². The number of carbonyl (C=O) groups is 3. The van der Waals surface area contributed by atoms with Crippen LogP contribution < -0.4 is 20.1 Å². The van der Waals surface area contributed by atoms with Gasteiger partial charge in [0.05, 0.1) is 60.1 Å². The van der Waals surface area contributed by atoms with E-state index in [1.807, 2.05) is 118 Å². The van der Waals surface area contributed by atoms with Gasteiger partial charge in [0, 0.05) is 29.6 Å². The molecular weight excluding hydrogens is 881 g/mol. The number of benzene rings is 4. The van der Waals surface area contributed by atoms with E-state index in [1.54, 1.807) is 34.8 Å². The van der Waals surface area contributed by atoms with E-state index >= 15 is 0 Å². The predicted molar refractivity (Wildman–Crippen MR) is 255 cm³/mol. The molecule has 0 spiro atoms. The van der Waals surface area contributed by atoms with Crippen molar-refractivity contribution in [1.82, 2.24) is 20.5 Å². The van der Waals surface area contributed by atoms with Gasteiger partial charge in [-0.1, -0.05) is 75.4 Å². The molecule has 0 saturated carbocycles. The van der Waals surface area contributed by atoms with Gasteiger partial charge in [-0.25, -0.2) is 4.98 Å². The van der Waals surface area contributed by atoms with Gasteiger partial charge >= 0.3 is 0 Å². The molecule has 4 N–H and O–H groups in total. The summed E-state index contributed by atoms with van der Waals surface area (Å²) in [6, 6.07) is 28.7. The second kappa shape index (κ2) is 22.5. The van der Waals surface area contributed by atoms with E-state index in [1.165, 1.54) is 4.90 Å². The maximum absolute atomic E-state index is 13.9. The van der Waals surface area contributed by atoms with E-state index < -0.39 is 35.4 Å². The molecule has 0 radical (unpaired) electrons. The second-order valence-electron chi connectivity index (χ2n) is 17.0. The minimum Gasteiger partial charge on any atom is -0.508 e. The first-order chi connectivity index (χ1) is 31.8. The molecule has 0 bridgehead atoms. The Bertz CT molecular complexity index is 2540. The number of thiophene rings is 1. The predicted octanol–water partition coefficient (Wildman–Crippen LogP) is 7.74. The zero-order valence-corrected chi connectivity index (χ0v) is 39.1. The van der Waals surface area contributed by atoms with Crippen LogP contribution in [0.2, 0.25) is 0 Å². The number of carbonyl (C=O) groups excluding carboxylic acids is 3. The van der Waals surface area contributed by atoms with Crippen LogP contribution in [0, 0.1) is 12.3 Å². The Morgan fingerprint density at radius 3 is 2.18 bits per heavy atom. The highest BCUT2D eigenvalue weighted by molar-refractivity contribution is 7.22. The lowest BCUT2D eigenvalue weighted by molar-refractivity contribution is -0.144. The molecule has 3 heterocycles. The van der Waals surface area contributed by atoms with E-state index in [9.17, 15) is 24.6 Å². The summed E-state index contributed by atoms with van der Waals surface area (Å²) >= 11 is 3.14. The minimum atomic E-state index is -0.966. The zero-order chi connectivity index (χ0) is 46.6. The number of aliphatic hydroxyl groups excluding tert-OH is 1. The van der Waals surface area contributed by atoms with Gasteiger partial charge in [0.1, 0.15) is 42.5 Å². The van der Waals surface area contributed by atoms with Crippen molar-refractivity contribution in [3.05, 3.63) is 114 Å². The van der Waals surface area contributed by atoms with Crippen molar-refractivity contribution in [2.24, 2.45) is 5.41 Å². The highest BCUT2D eigenvalue weighted by Crippen LogP contribution is 2.47. The molecule has 0 aliphatic carbocycles. The van der Waals surface area contributed by atoms with Gasteiger partial charge in [-0.05, 0) is 71.5 Å². The van der Waals surface area contributed by atoms with Gasteiger partial charge in [-0.2, -0.15) is 0 Å². The van der Waals surface area contributed by atoms with E-state index in [4.69, 9.17) is 23.7 Å². The number of likely N-dealkylation sites (tertiary alicyclic amines) is 1. The summed E-state index contributed by atoms with van der Waals surface area (Å²) in [6.45, 7) is 9.14. The maximum atomic E-state index is 13.9. The molecule has 6 aromatic rings. The van der Waals surface area contributed by atoms with Crippen molar-refractivity contribution in [3.8, 4) is 43.9 Å². The molecule has 14 nitrogen and oxygen atoms in total. The molecule has 0 unspecified atom stereocenters. The average Bonchev–Trinajstić information content (AvgIpc) is 4.03. The lowest BCUT2D eigenvalue weighted by atomic mass is 9.85. The van der Waals surface area contributed by atoms with Crippen LogP contribution in [0.25, 0.3) is 31.0 Å². The Kier molecular flexibility index (Phi) is 16.4. The molecule has 7 rings (SSSR count). The average molecular weight is 937 g/mol. The number of nitrogens with zero attached hydrogens (tertiary/aromatic N) is 2. The number of thiazole rings is 1. The second-order valence-corrected chi connectivity index (χ2v) is 18.9. The van der Waals surface area contributed by atoms with Gasteiger partial charge in [0.2, 0.25) is 17.7 Å². The lowest BCUT2D eigenvalue weighted by Gasteiger charge is -2.35. The number of β-amino-alcohol motifs (C(OH)–C–C–N with tert-alkyl or cyclic N) is 1. The number of amides is 3. The summed E-state index contributed by atoms with van der Waals surface area (Å²) in [6.07, 6.45) is -0.776. The summed E-state index contributed by atoms with van der Waals surface area (Å²) < 4.78 is 29.9. The number of aromatic nitrogens is 1. The van der Waals surface area contributed by atoms with Crippen LogP contribution in [0.15, 0.2) is 103 Å². The molecule has 1 aliphatic rings. The number of aliphatic hydroxyl groups is 1. The third-order valence-electron chi connectivity index (χ3n) is 10.9. The number of ether oxygens (including phenoxy) is 5. The summed E-state index contributed by atoms with van der Waals surface area (Å²) in [5, 5.41) is 27.2. The molecule has 348 valence electrons. The van der Waals surface area contributed by atoms with Crippen molar-refractivity contribution >= 4 is 50.5 Å². The van der Waals surface area contributed by atoms with E-state index in [0.29, 0.717) is 37.9 Å². The van der Waals surface area contributed by atoms with Crippen molar-refractivity contribution < 1.29 is 48.3 Å². The van der Waals surface area contributed by atoms with E-state index in [0.717, 1.165) is 48.0 Å². The topological polar surface area (TPSA) is 178 Å². The van der Waals surface area contributed by atoms with Crippen LogP contribution in [0.5, 0.6) is 23.0 Å². The SMILES string of the molecule is Cc1ncsc1-c1ccc(CNC(=O)[C@@H]2C[C@@H](O)CN2C(=O)[C@@H](NC(=O)COCCOCCOCCOc2ccc(Oc3c(-c4ccccc4)sc4cc(O)ccc34)cc2)C(C)(C)C)cc1. The van der Waals surface area contributed by atoms with Crippen molar-refractivity contribution in [1.29, 1.82) is 0 Å². The Morgan fingerprint density at radius 1 is 0.833 bits per heavy atom. The normalized spacial score (nSPS) is 15.4. The molecule has 1 saturated heterocycles. The van der Waals surface area contributed by atoms with Gasteiger partial charge in [0.15, 0.2) is 5.75 Å². The molecule has 2 aromatic heterocycles. The number of aryl methyl sites for hydroxylation is 1. The number of phenols is 1. The Labute approximate surface area is 392 Å². The summed E-state index contributed by atoms with van der Waals surface area (Å²) in [5.41, 5.74) is 5.05. The van der Waals surface area contributed by atoms with Crippen LogP contribution in [0.4, 0.5) is 0 Å². The largest absolute Gasteiger partial charge is 0.508 e. The first-order valence-corrected chi connectivity index (χ1v) is 23.5. The molecule has 1 fully saturated rings. The fourth-order valence-electron chi connectivity index (χ4n) is 7.47. The number of rotatable bonds is 21. The van der Waals surface area contributed by atoms with E-state index in [-0.39, 0.29) is 51.0 Å². The van der Waals surface area contributed by atoms with Crippen LogP contribution in [-0.4, -0.2) is 109 Å². The van der Waals surface area contributed by atoms with Crippen molar-refractivity contribution in [2.45, 2.75) is 58.8 Å². The summed E-state index contributed by atoms with van der Waals surface area (Å²) in [4.78, 5) is 48.1. The molecule has 4 aromatic carbocycles. The minimum absolute atomic E-state index is 0.0172. The standard InChI is InChI=1S/C50H56N4O10S2/c1-32-45(65-31-52-32)35-12-10-33(11-13-35)28-51-48(58)41-26-37(56)29-54(41)49(59)47(50(2,3)4)53-43(57)30-62-23-22-60-20-21-61-24-25-63-38-15-17-39(18-16-38)64-44-40-19-14-36(55)27-42(40)66-46(44)34-8-6-5-7-9-34/h5-19,27,31,37,41,47,55-56H,20-26,28-30H2,1-4H3,(H,51,58)(H,53,57)/t37-,41+,47-/m1/s1. The molecule has 3 atom stereocenters. The highest BCUT2D eigenvalue weighted by Gasteiger charge is 2.44. The molecule has 16 heteroatoms. The third kappa shape index (κ3) is 12.7. The lowest BCUT2D eigenvalue weighted by Crippen LogP contribution is -2.58. The number of fused-ring (bicyclic) bond motifs is 1. The smallest absolute Gasteiger partial charge is 0.246 e. The van der Waals surface area contributed by atoms with Crippen LogP contribution in [-0.2, 0) is 35.1 Å². The van der Waals surface area contributed by atoms with Gasteiger partial charge in [-0.3, -0.25) is 14.4 Å². The number of hydrogen-bond acceptors (Lipinski definition) is 13. The highest BCUT2D eigenvalue weighted by atomic mass is 32.1. The molecule has 66 heavy (non-hydrogen) atoms. The maximum Gasteiger partial charge on any atom is 0.246 e. The first kappa shape index (κ1) is 48.1. The molecule has 1 aliphatic heterocycles. The van der Waals surface area contributed by atoms with Gasteiger partial charge in [0.25, 0.3) is 0 Å². The van der Waals surface area contributed by atoms with Crippen LogP contribution in [0.3, 0.4) is 0 Å². The van der Waals surface area contributed by atoms with Crippen molar-refractivity contribution in [2.75, 3.05) is 52.8 Å². The number of nitrogens with one attached hydrogen (secondary N) is 2. The first-order valence-electron chi connectivity index (χ1n) is 21.8. The zero-order valence-electron chi connectivity index (χ0n) is 37.5. The fraction of sp³-hybridized carbons (Fsp3) is 0.360. The van der Waals surface area contributed by atoms with Gasteiger partial charge in [-0.15, -0.1) is 22.7 Å². The Hall–Kier alpha value is -5.88. The van der Waals surface area contributed by atoms with Gasteiger partial charge < -0.3 is 49.4 Å². The quantitative estimate of drug-likeness (QED) is 0.0520. The van der Waals surface area contributed by atoms with Crippen LogP contribution >= 0.6 is 22.7 Å². The Balaban J connectivity index is 0.769. The third-order valence-corrected chi connectivity index (χ3v) is 13.1. The Morgan fingerprint density at radius 2 is 1.50 bits per heavy atom. The monoisotopic (exact) mass is 936 g/mol. The number of aromatic hydroxyl groups is 1. The summed E-state index contributed by atoms with van der Waals surface area (Å²) in [5.74, 6) is 0.962. The molecule has 3 amide bonds. The van der Waals surface area contributed by atoms with E-state index in [2.05, 4.69) is 15.6 Å². The number of phenolic OH excluding ortho intramolecular Hbond substituents is 1. The molecular formula is C50H56N4O10S2. The summed E-state index contributed by atoms with van der Waals surface area (Å²) in [7, 11) is 0.